The minimum Gasteiger partial charge on any atom is -0.481 e. The molecule has 1 aromatic heterocycles. The molecule has 0 aliphatic carbocycles. The van der Waals surface area contributed by atoms with Gasteiger partial charge in [-0.15, -0.1) is 11.3 Å². The zero-order chi connectivity index (χ0) is 19.6. The molecule has 146 valence electrons. The molecule has 6 nitrogen and oxygen atoms in total. The van der Waals surface area contributed by atoms with Gasteiger partial charge in [0.1, 0.15) is 0 Å². The Morgan fingerprint density at radius 3 is 2.59 bits per heavy atom. The van der Waals surface area contributed by atoms with Crippen LogP contribution in [0, 0.1) is 0 Å². The van der Waals surface area contributed by atoms with Crippen molar-refractivity contribution < 1.29 is 14.7 Å². The number of aliphatic carboxylic acids is 1. The summed E-state index contributed by atoms with van der Waals surface area (Å²) in [7, 11) is 0. The van der Waals surface area contributed by atoms with E-state index in [9.17, 15) is 9.59 Å². The second kappa shape index (κ2) is 10.7. The van der Waals surface area contributed by atoms with Gasteiger partial charge in [-0.25, -0.2) is 9.78 Å². The predicted octanol–water partition coefficient (Wildman–Crippen LogP) is 3.58. The molecule has 1 unspecified atom stereocenters. The van der Waals surface area contributed by atoms with Crippen molar-refractivity contribution >= 4 is 23.3 Å². The van der Waals surface area contributed by atoms with Crippen LogP contribution >= 0.6 is 11.3 Å². The van der Waals surface area contributed by atoms with Gasteiger partial charge in [0.05, 0.1) is 5.01 Å². The first-order valence-electron chi connectivity index (χ1n) is 9.17. The minimum absolute atomic E-state index is 0.0264. The molecule has 2 rings (SSSR count). The molecule has 2 amide bonds. The maximum Gasteiger partial charge on any atom is 0.317 e. The molecule has 0 radical (unpaired) electrons. The first-order chi connectivity index (χ1) is 13.0. The highest BCUT2D eigenvalue weighted by Crippen LogP contribution is 2.11. The van der Waals surface area contributed by atoms with E-state index in [1.165, 1.54) is 0 Å². The Morgan fingerprint density at radius 2 is 2.00 bits per heavy atom. The van der Waals surface area contributed by atoms with Crippen LogP contribution in [-0.2, 0) is 17.6 Å². The summed E-state index contributed by atoms with van der Waals surface area (Å²) in [5.41, 5.74) is 1.08. The van der Waals surface area contributed by atoms with Crippen LogP contribution in [0.5, 0.6) is 0 Å². The van der Waals surface area contributed by atoms with Crippen LogP contribution in [0.25, 0.3) is 0 Å². The number of nitrogens with one attached hydrogen (secondary N) is 1. The molecule has 0 saturated heterocycles. The Bertz CT molecular complexity index is 705. The van der Waals surface area contributed by atoms with Crippen LogP contribution in [-0.4, -0.2) is 45.6 Å². The highest BCUT2D eigenvalue weighted by Gasteiger charge is 2.21. The number of thiazole rings is 1. The van der Waals surface area contributed by atoms with E-state index in [4.69, 9.17) is 5.11 Å². The zero-order valence-electron chi connectivity index (χ0n) is 15.8. The molecule has 0 aliphatic rings. The van der Waals surface area contributed by atoms with Crippen LogP contribution in [0.15, 0.2) is 41.9 Å². The van der Waals surface area contributed by atoms with Crippen molar-refractivity contribution in [3.63, 3.8) is 0 Å². The fraction of sp³-hybridized carbons (Fsp3) is 0.450. The molecule has 0 fully saturated rings. The Labute approximate surface area is 164 Å². The first-order valence-corrected chi connectivity index (χ1v) is 10.0. The van der Waals surface area contributed by atoms with Gasteiger partial charge in [0.2, 0.25) is 0 Å². The zero-order valence-corrected chi connectivity index (χ0v) is 16.6. The van der Waals surface area contributed by atoms with Crippen LogP contribution in [0.4, 0.5) is 4.79 Å². The van der Waals surface area contributed by atoms with Crippen molar-refractivity contribution in [2.24, 2.45) is 0 Å². The summed E-state index contributed by atoms with van der Waals surface area (Å²) in [6.07, 6.45) is 3.51. The Balaban J connectivity index is 2.00. The fourth-order valence-corrected chi connectivity index (χ4v) is 3.48. The third-order valence-electron chi connectivity index (χ3n) is 4.29. The molecule has 0 spiro atoms. The molecule has 0 saturated carbocycles. The Morgan fingerprint density at radius 1 is 1.26 bits per heavy atom. The predicted molar refractivity (Wildman–Crippen MR) is 107 cm³/mol. The summed E-state index contributed by atoms with van der Waals surface area (Å²) < 4.78 is 0. The van der Waals surface area contributed by atoms with Crippen LogP contribution < -0.4 is 5.32 Å². The summed E-state index contributed by atoms with van der Waals surface area (Å²) in [6.45, 7) is 4.53. The van der Waals surface area contributed by atoms with Crippen molar-refractivity contribution in [1.29, 1.82) is 0 Å². The number of hydrogen-bond acceptors (Lipinski definition) is 4. The van der Waals surface area contributed by atoms with Gasteiger partial charge in [-0.3, -0.25) is 4.79 Å². The molecule has 7 heteroatoms. The average molecular weight is 390 g/mol. The van der Waals surface area contributed by atoms with Gasteiger partial charge in [-0.05, 0) is 32.3 Å². The lowest BCUT2D eigenvalue weighted by Crippen LogP contribution is -2.49. The van der Waals surface area contributed by atoms with Crippen LogP contribution in [0.1, 0.15) is 37.3 Å². The lowest BCUT2D eigenvalue weighted by atomic mass is 10.0. The molecule has 1 aromatic carbocycles. The molecular weight excluding hydrogens is 362 g/mol. The number of amides is 2. The number of hydrogen-bond donors (Lipinski definition) is 2. The second-order valence-corrected chi connectivity index (χ2v) is 7.71. The van der Waals surface area contributed by atoms with Gasteiger partial charge < -0.3 is 15.3 Å². The molecule has 27 heavy (non-hydrogen) atoms. The topological polar surface area (TPSA) is 82.5 Å². The maximum absolute atomic E-state index is 12.8. The van der Waals surface area contributed by atoms with Gasteiger partial charge in [0.25, 0.3) is 0 Å². The number of carboxylic acids is 1. The fourth-order valence-electron chi connectivity index (χ4n) is 2.87. The lowest BCUT2D eigenvalue weighted by molar-refractivity contribution is -0.137. The van der Waals surface area contributed by atoms with Gasteiger partial charge in [0, 0.05) is 43.0 Å². The average Bonchev–Trinajstić information content (AvgIpc) is 3.14. The molecule has 0 aliphatic heterocycles. The van der Waals surface area contributed by atoms with E-state index in [-0.39, 0.29) is 24.5 Å². The first kappa shape index (κ1) is 20.9. The highest BCUT2D eigenvalue weighted by atomic mass is 32.1. The van der Waals surface area contributed by atoms with E-state index in [0.717, 1.165) is 10.6 Å². The quantitative estimate of drug-likeness (QED) is 0.651. The van der Waals surface area contributed by atoms with Crippen LogP contribution in [0.2, 0.25) is 0 Å². The minimum atomic E-state index is -0.855. The van der Waals surface area contributed by atoms with Gasteiger partial charge in [-0.1, -0.05) is 30.3 Å². The van der Waals surface area contributed by atoms with Crippen LogP contribution in [0.3, 0.4) is 0 Å². The van der Waals surface area contributed by atoms with Crippen molar-refractivity contribution in [3.8, 4) is 0 Å². The van der Waals surface area contributed by atoms with Crippen molar-refractivity contribution in [2.45, 2.75) is 51.6 Å². The Kier molecular flexibility index (Phi) is 8.26. The standard InChI is InChI=1S/C20H27N3O3S/c1-15(2)23(12-10-18-21-11-13-27-18)20(26)22-17(8-9-19(24)25)14-16-6-4-3-5-7-16/h3-7,11,13,15,17H,8-10,12,14H2,1-2H3,(H,22,26)(H,24,25). The van der Waals surface area contributed by atoms with E-state index in [2.05, 4.69) is 10.3 Å². The van der Waals surface area contributed by atoms with E-state index in [1.807, 2.05) is 49.6 Å². The number of nitrogens with zero attached hydrogens (tertiary/aromatic N) is 2. The van der Waals surface area contributed by atoms with E-state index >= 15 is 0 Å². The lowest BCUT2D eigenvalue weighted by Gasteiger charge is -2.29. The molecular formula is C20H27N3O3S. The van der Waals surface area contributed by atoms with Crippen molar-refractivity contribution in [2.75, 3.05) is 6.54 Å². The summed E-state index contributed by atoms with van der Waals surface area (Å²) in [5, 5.41) is 15.0. The van der Waals surface area contributed by atoms with Gasteiger partial charge in [-0.2, -0.15) is 0 Å². The number of carboxylic acid groups (broad SMARTS) is 1. The Hall–Kier alpha value is -2.41. The summed E-state index contributed by atoms with van der Waals surface area (Å²) in [4.78, 5) is 29.9. The third kappa shape index (κ3) is 7.38. The van der Waals surface area contributed by atoms with E-state index in [1.54, 1.807) is 22.4 Å². The number of benzene rings is 1. The van der Waals surface area contributed by atoms with Crippen molar-refractivity contribution in [3.05, 3.63) is 52.5 Å². The second-order valence-electron chi connectivity index (χ2n) is 6.73. The smallest absolute Gasteiger partial charge is 0.317 e. The monoisotopic (exact) mass is 389 g/mol. The number of rotatable bonds is 10. The van der Waals surface area contributed by atoms with Gasteiger partial charge in [0.15, 0.2) is 0 Å². The number of carbonyl (C=O) groups excluding carboxylic acids is 1. The highest BCUT2D eigenvalue weighted by molar-refractivity contribution is 7.09. The normalized spacial score (nSPS) is 12.0. The number of carbonyl (C=O) groups is 2. The molecule has 1 atom stereocenters. The number of urea groups is 1. The maximum atomic E-state index is 12.8. The van der Waals surface area contributed by atoms with E-state index in [0.29, 0.717) is 25.8 Å². The van der Waals surface area contributed by atoms with E-state index < -0.39 is 5.97 Å². The van der Waals surface area contributed by atoms with Gasteiger partial charge >= 0.3 is 12.0 Å². The molecule has 2 N–H and O–H groups in total. The SMILES string of the molecule is CC(C)N(CCc1nccs1)C(=O)NC(CCC(=O)O)Cc1ccccc1. The summed E-state index contributed by atoms with van der Waals surface area (Å²) in [6, 6.07) is 9.46. The largest absolute Gasteiger partial charge is 0.481 e. The summed E-state index contributed by atoms with van der Waals surface area (Å²) >= 11 is 1.58. The molecule has 1 heterocycles. The number of aromatic nitrogens is 1. The summed E-state index contributed by atoms with van der Waals surface area (Å²) in [5.74, 6) is -0.855. The third-order valence-corrected chi connectivity index (χ3v) is 5.13. The van der Waals surface area contributed by atoms with Crippen molar-refractivity contribution in [1.82, 2.24) is 15.2 Å². The molecule has 0 bridgehead atoms. The molecule has 2 aromatic rings.